The zero-order valence-corrected chi connectivity index (χ0v) is 10.2. The average Bonchev–Trinajstić information content (AvgIpc) is 3.13. The zero-order chi connectivity index (χ0) is 11.5. The Morgan fingerprint density at radius 1 is 1.25 bits per heavy atom. The summed E-state index contributed by atoms with van der Waals surface area (Å²) in [6.45, 7) is 4.34. The van der Waals surface area contributed by atoms with Gasteiger partial charge >= 0.3 is 0 Å². The van der Waals surface area contributed by atoms with E-state index in [9.17, 15) is 0 Å². The quantitative estimate of drug-likeness (QED) is 0.609. The number of aryl methyl sites for hydroxylation is 2. The molecule has 0 spiro atoms. The van der Waals surface area contributed by atoms with Crippen LogP contribution in [0.3, 0.4) is 0 Å². The number of rotatable bonds is 4. The van der Waals surface area contributed by atoms with Crippen molar-refractivity contribution >= 4 is 11.5 Å². The Hall–Kier alpha value is -1.31. The lowest BCUT2D eigenvalue weighted by Crippen LogP contribution is -2.13. The Bertz CT molecular complexity index is 381. The van der Waals surface area contributed by atoms with E-state index >= 15 is 0 Å². The van der Waals surface area contributed by atoms with Crippen LogP contribution in [0.4, 0.5) is 5.69 Å². The van der Waals surface area contributed by atoms with Gasteiger partial charge in [-0.15, -0.1) is 0 Å². The van der Waals surface area contributed by atoms with Gasteiger partial charge in [-0.25, -0.2) is 4.99 Å². The summed E-state index contributed by atoms with van der Waals surface area (Å²) in [7, 11) is 0. The standard InChI is InChI=1S/C14H20N2/c1-3-10-6-5-7-11(4-2)13(10)16-14(15)12-8-9-12/h5-7,12H,3-4,8-9H2,1-2H3,(H2,15,16). The minimum Gasteiger partial charge on any atom is -0.387 e. The first-order valence-electron chi connectivity index (χ1n) is 6.21. The highest BCUT2D eigenvalue weighted by Crippen LogP contribution is 2.32. The highest BCUT2D eigenvalue weighted by atomic mass is 14.9. The molecule has 16 heavy (non-hydrogen) atoms. The number of benzene rings is 1. The van der Waals surface area contributed by atoms with Crippen LogP contribution in [-0.2, 0) is 12.8 Å². The van der Waals surface area contributed by atoms with Gasteiger partial charge in [0.2, 0.25) is 0 Å². The Kier molecular flexibility index (Phi) is 3.28. The molecule has 0 amide bonds. The van der Waals surface area contributed by atoms with Gasteiger partial charge in [0.05, 0.1) is 5.69 Å². The van der Waals surface area contributed by atoms with Crippen LogP contribution >= 0.6 is 0 Å². The topological polar surface area (TPSA) is 38.4 Å². The summed E-state index contributed by atoms with van der Waals surface area (Å²) in [5.41, 5.74) is 9.75. The lowest BCUT2D eigenvalue weighted by Gasteiger charge is -2.09. The third-order valence-corrected chi connectivity index (χ3v) is 3.20. The Balaban J connectivity index is 2.39. The van der Waals surface area contributed by atoms with Gasteiger partial charge in [0.25, 0.3) is 0 Å². The van der Waals surface area contributed by atoms with Crippen molar-refractivity contribution in [3.8, 4) is 0 Å². The van der Waals surface area contributed by atoms with Crippen molar-refractivity contribution in [3.63, 3.8) is 0 Å². The zero-order valence-electron chi connectivity index (χ0n) is 10.2. The van der Waals surface area contributed by atoms with Crippen molar-refractivity contribution < 1.29 is 0 Å². The summed E-state index contributed by atoms with van der Waals surface area (Å²) in [4.78, 5) is 4.66. The van der Waals surface area contributed by atoms with Crippen molar-refractivity contribution in [2.45, 2.75) is 39.5 Å². The van der Waals surface area contributed by atoms with E-state index in [1.807, 2.05) is 0 Å². The van der Waals surface area contributed by atoms with E-state index in [1.54, 1.807) is 0 Å². The summed E-state index contributed by atoms with van der Waals surface area (Å²) in [5, 5.41) is 0. The van der Waals surface area contributed by atoms with Crippen LogP contribution in [0.5, 0.6) is 0 Å². The summed E-state index contributed by atoms with van der Waals surface area (Å²) >= 11 is 0. The molecule has 0 radical (unpaired) electrons. The molecule has 0 aromatic heterocycles. The molecule has 2 rings (SSSR count). The van der Waals surface area contributed by atoms with Crippen LogP contribution in [0.15, 0.2) is 23.2 Å². The van der Waals surface area contributed by atoms with Gasteiger partial charge in [-0.1, -0.05) is 32.0 Å². The monoisotopic (exact) mass is 216 g/mol. The molecule has 2 N–H and O–H groups in total. The molecule has 1 aromatic rings. The van der Waals surface area contributed by atoms with E-state index in [2.05, 4.69) is 37.0 Å². The van der Waals surface area contributed by atoms with E-state index in [0.29, 0.717) is 5.92 Å². The molecule has 0 unspecified atom stereocenters. The highest BCUT2D eigenvalue weighted by molar-refractivity contribution is 5.88. The molecule has 0 aliphatic heterocycles. The smallest absolute Gasteiger partial charge is 0.103 e. The maximum atomic E-state index is 6.01. The highest BCUT2D eigenvalue weighted by Gasteiger charge is 2.25. The number of hydrogen-bond donors (Lipinski definition) is 1. The van der Waals surface area contributed by atoms with Gasteiger partial charge in [-0.3, -0.25) is 0 Å². The fourth-order valence-corrected chi connectivity index (χ4v) is 1.96. The predicted molar refractivity (Wildman–Crippen MR) is 69.2 cm³/mol. The molecule has 1 aliphatic carbocycles. The molecule has 0 heterocycles. The van der Waals surface area contributed by atoms with E-state index in [4.69, 9.17) is 5.73 Å². The molecule has 1 aliphatic rings. The summed E-state index contributed by atoms with van der Waals surface area (Å²) in [6.07, 6.45) is 4.46. The molecule has 86 valence electrons. The number of para-hydroxylation sites is 1. The van der Waals surface area contributed by atoms with Crippen LogP contribution in [0, 0.1) is 5.92 Å². The second-order valence-corrected chi connectivity index (χ2v) is 4.44. The number of nitrogens with two attached hydrogens (primary N) is 1. The Morgan fingerprint density at radius 2 is 1.81 bits per heavy atom. The lowest BCUT2D eigenvalue weighted by molar-refractivity contribution is 1.07. The molecular formula is C14H20N2. The molecule has 1 fully saturated rings. The van der Waals surface area contributed by atoms with Crippen molar-refractivity contribution in [2.75, 3.05) is 0 Å². The normalized spacial score (nSPS) is 16.5. The Morgan fingerprint density at radius 3 is 2.25 bits per heavy atom. The van der Waals surface area contributed by atoms with Gasteiger partial charge in [0, 0.05) is 5.92 Å². The second-order valence-electron chi connectivity index (χ2n) is 4.44. The van der Waals surface area contributed by atoms with Gasteiger partial charge in [-0.2, -0.15) is 0 Å². The third kappa shape index (κ3) is 2.26. The van der Waals surface area contributed by atoms with Gasteiger partial charge < -0.3 is 5.73 Å². The van der Waals surface area contributed by atoms with Gasteiger partial charge in [0.15, 0.2) is 0 Å². The maximum Gasteiger partial charge on any atom is 0.103 e. The second kappa shape index (κ2) is 4.69. The van der Waals surface area contributed by atoms with Crippen LogP contribution in [-0.4, -0.2) is 5.84 Å². The van der Waals surface area contributed by atoms with Crippen molar-refractivity contribution in [1.29, 1.82) is 0 Å². The van der Waals surface area contributed by atoms with Crippen LogP contribution < -0.4 is 5.73 Å². The van der Waals surface area contributed by atoms with Crippen molar-refractivity contribution in [3.05, 3.63) is 29.3 Å². The minimum atomic E-state index is 0.551. The summed E-state index contributed by atoms with van der Waals surface area (Å²) < 4.78 is 0. The molecular weight excluding hydrogens is 196 g/mol. The van der Waals surface area contributed by atoms with E-state index in [0.717, 1.165) is 24.4 Å². The third-order valence-electron chi connectivity index (χ3n) is 3.20. The fourth-order valence-electron chi connectivity index (χ4n) is 1.96. The molecule has 0 atom stereocenters. The largest absolute Gasteiger partial charge is 0.387 e. The van der Waals surface area contributed by atoms with Gasteiger partial charge in [0.1, 0.15) is 5.84 Å². The molecule has 2 heteroatoms. The molecule has 0 saturated heterocycles. The number of amidine groups is 1. The first-order valence-corrected chi connectivity index (χ1v) is 6.21. The van der Waals surface area contributed by atoms with E-state index < -0.39 is 0 Å². The Labute approximate surface area is 97.6 Å². The summed E-state index contributed by atoms with van der Waals surface area (Å²) in [5.74, 6) is 1.38. The van der Waals surface area contributed by atoms with E-state index in [-0.39, 0.29) is 0 Å². The van der Waals surface area contributed by atoms with E-state index in [1.165, 1.54) is 24.0 Å². The van der Waals surface area contributed by atoms with Crippen molar-refractivity contribution in [1.82, 2.24) is 0 Å². The molecule has 1 saturated carbocycles. The van der Waals surface area contributed by atoms with Gasteiger partial charge in [-0.05, 0) is 36.8 Å². The minimum absolute atomic E-state index is 0.551. The first-order chi connectivity index (χ1) is 7.76. The fraction of sp³-hybridized carbons (Fsp3) is 0.500. The predicted octanol–water partition coefficient (Wildman–Crippen LogP) is 3.21. The molecule has 0 bridgehead atoms. The number of aliphatic imine (C=N–C) groups is 1. The average molecular weight is 216 g/mol. The van der Waals surface area contributed by atoms with Crippen LogP contribution in [0.2, 0.25) is 0 Å². The maximum absolute atomic E-state index is 6.01. The van der Waals surface area contributed by atoms with Crippen LogP contribution in [0.25, 0.3) is 0 Å². The number of hydrogen-bond acceptors (Lipinski definition) is 1. The van der Waals surface area contributed by atoms with Crippen molar-refractivity contribution in [2.24, 2.45) is 16.6 Å². The SMILES string of the molecule is CCc1cccc(CC)c1N=C(N)C1CC1. The number of nitrogens with zero attached hydrogens (tertiary/aromatic N) is 1. The van der Waals surface area contributed by atoms with Crippen LogP contribution in [0.1, 0.15) is 37.8 Å². The summed E-state index contributed by atoms with van der Waals surface area (Å²) in [6, 6.07) is 6.42. The lowest BCUT2D eigenvalue weighted by atomic mass is 10.0. The molecule has 1 aromatic carbocycles. The molecule has 2 nitrogen and oxygen atoms in total. The first kappa shape index (κ1) is 11.2.